The van der Waals surface area contributed by atoms with Crippen molar-refractivity contribution in [1.29, 1.82) is 0 Å². The molecule has 0 radical (unpaired) electrons. The number of hydrogen-bond donors (Lipinski definition) is 2. The molecule has 1 aromatic rings. The van der Waals surface area contributed by atoms with Gasteiger partial charge in [-0.15, -0.1) is 0 Å². The molecule has 0 bridgehead atoms. The summed E-state index contributed by atoms with van der Waals surface area (Å²) in [4.78, 5) is 11.0. The van der Waals surface area contributed by atoms with Gasteiger partial charge in [-0.05, 0) is 19.4 Å². The zero-order chi connectivity index (χ0) is 12.8. The fourth-order valence-electron chi connectivity index (χ4n) is 1.61. The quantitative estimate of drug-likeness (QED) is 0.796. The molecule has 0 saturated carbocycles. The molecule has 0 saturated heterocycles. The molecule has 1 rings (SSSR count). The molecule has 0 aromatic heterocycles. The van der Waals surface area contributed by atoms with Gasteiger partial charge in [0.05, 0.1) is 0 Å². The number of aliphatic carboxylic acids is 1. The maximum atomic E-state index is 11.0. The van der Waals surface area contributed by atoms with E-state index in [4.69, 9.17) is 15.6 Å². The van der Waals surface area contributed by atoms with Crippen molar-refractivity contribution in [2.75, 3.05) is 0 Å². The topological polar surface area (TPSA) is 72.5 Å². The van der Waals surface area contributed by atoms with Gasteiger partial charge in [0.1, 0.15) is 5.75 Å². The van der Waals surface area contributed by atoms with Crippen molar-refractivity contribution in [2.24, 2.45) is 5.73 Å². The lowest BCUT2D eigenvalue weighted by molar-refractivity contribution is -0.145. The van der Waals surface area contributed by atoms with E-state index >= 15 is 0 Å². The smallest absolute Gasteiger partial charge is 0.344 e. The Morgan fingerprint density at radius 2 is 2.12 bits per heavy atom. The number of para-hydroxylation sites is 1. The largest absolute Gasteiger partial charge is 0.479 e. The van der Waals surface area contributed by atoms with E-state index in [2.05, 4.69) is 0 Å². The van der Waals surface area contributed by atoms with Gasteiger partial charge in [-0.1, -0.05) is 31.5 Å². The van der Waals surface area contributed by atoms with Gasteiger partial charge in [-0.3, -0.25) is 0 Å². The average molecular weight is 237 g/mol. The highest BCUT2D eigenvalue weighted by Crippen LogP contribution is 2.25. The summed E-state index contributed by atoms with van der Waals surface area (Å²) >= 11 is 0. The minimum absolute atomic E-state index is 0.178. The lowest BCUT2D eigenvalue weighted by Gasteiger charge is -2.18. The van der Waals surface area contributed by atoms with Crippen molar-refractivity contribution in [3.05, 3.63) is 29.8 Å². The Kier molecular flexibility index (Phi) is 4.97. The Balaban J connectivity index is 2.88. The van der Waals surface area contributed by atoms with Crippen molar-refractivity contribution in [1.82, 2.24) is 0 Å². The predicted molar refractivity (Wildman–Crippen MR) is 66.0 cm³/mol. The van der Waals surface area contributed by atoms with Crippen molar-refractivity contribution in [3.63, 3.8) is 0 Å². The van der Waals surface area contributed by atoms with Gasteiger partial charge in [-0.2, -0.15) is 0 Å². The first-order valence-electron chi connectivity index (χ1n) is 5.80. The second kappa shape index (κ2) is 6.25. The van der Waals surface area contributed by atoms with Crippen LogP contribution in [0.15, 0.2) is 24.3 Å². The number of carbonyl (C=O) groups is 1. The summed E-state index contributed by atoms with van der Waals surface area (Å²) in [7, 11) is 0. The SMILES string of the molecule is CCCC(Oc1ccccc1C(C)N)C(=O)O. The first kappa shape index (κ1) is 13.5. The van der Waals surface area contributed by atoms with Crippen molar-refractivity contribution < 1.29 is 14.6 Å². The summed E-state index contributed by atoms with van der Waals surface area (Å²) in [5.41, 5.74) is 6.64. The number of rotatable bonds is 6. The van der Waals surface area contributed by atoms with Crippen LogP contribution in [0.4, 0.5) is 0 Å². The van der Waals surface area contributed by atoms with E-state index in [1.807, 2.05) is 32.0 Å². The predicted octanol–water partition coefficient (Wildman–Crippen LogP) is 2.34. The van der Waals surface area contributed by atoms with Gasteiger partial charge < -0.3 is 15.6 Å². The maximum Gasteiger partial charge on any atom is 0.344 e. The van der Waals surface area contributed by atoms with Crippen LogP contribution in [0.5, 0.6) is 5.75 Å². The first-order valence-corrected chi connectivity index (χ1v) is 5.80. The fourth-order valence-corrected chi connectivity index (χ4v) is 1.61. The average Bonchev–Trinajstić information content (AvgIpc) is 2.28. The molecular weight excluding hydrogens is 218 g/mol. The Bertz CT molecular complexity index is 377. The van der Waals surface area contributed by atoms with E-state index in [-0.39, 0.29) is 6.04 Å². The first-order chi connectivity index (χ1) is 8.06. The molecule has 0 aliphatic carbocycles. The molecule has 0 aliphatic heterocycles. The third-order valence-electron chi connectivity index (χ3n) is 2.51. The van der Waals surface area contributed by atoms with Crippen LogP contribution in [0, 0.1) is 0 Å². The van der Waals surface area contributed by atoms with Gasteiger partial charge in [-0.25, -0.2) is 4.79 Å². The van der Waals surface area contributed by atoms with Crippen LogP contribution in [0.2, 0.25) is 0 Å². The van der Waals surface area contributed by atoms with E-state index < -0.39 is 12.1 Å². The van der Waals surface area contributed by atoms with E-state index in [1.54, 1.807) is 6.07 Å². The van der Waals surface area contributed by atoms with Crippen molar-refractivity contribution in [3.8, 4) is 5.75 Å². The third kappa shape index (κ3) is 3.75. The maximum absolute atomic E-state index is 11.0. The Morgan fingerprint density at radius 3 is 2.65 bits per heavy atom. The highest BCUT2D eigenvalue weighted by molar-refractivity contribution is 5.72. The Hall–Kier alpha value is -1.55. The molecule has 94 valence electrons. The van der Waals surface area contributed by atoms with Crippen molar-refractivity contribution in [2.45, 2.75) is 38.8 Å². The summed E-state index contributed by atoms with van der Waals surface area (Å²) < 4.78 is 5.53. The second-order valence-corrected chi connectivity index (χ2v) is 4.06. The molecule has 0 spiro atoms. The molecule has 0 heterocycles. The van der Waals surface area contributed by atoms with E-state index in [0.717, 1.165) is 12.0 Å². The number of ether oxygens (including phenoxy) is 1. The van der Waals surface area contributed by atoms with Gasteiger partial charge in [0.15, 0.2) is 6.10 Å². The van der Waals surface area contributed by atoms with Crippen LogP contribution in [0.3, 0.4) is 0 Å². The van der Waals surface area contributed by atoms with E-state index in [9.17, 15) is 4.79 Å². The van der Waals surface area contributed by atoms with Crippen LogP contribution in [-0.2, 0) is 4.79 Å². The summed E-state index contributed by atoms with van der Waals surface area (Å²) in [6.07, 6.45) is 0.444. The Morgan fingerprint density at radius 1 is 1.47 bits per heavy atom. The van der Waals surface area contributed by atoms with Gasteiger partial charge in [0.25, 0.3) is 0 Å². The molecule has 2 unspecified atom stereocenters. The number of carboxylic acid groups (broad SMARTS) is 1. The molecule has 17 heavy (non-hydrogen) atoms. The van der Waals surface area contributed by atoms with Gasteiger partial charge in [0.2, 0.25) is 0 Å². The minimum Gasteiger partial charge on any atom is -0.479 e. The molecule has 2 atom stereocenters. The summed E-state index contributed by atoms with van der Waals surface area (Å²) in [5, 5.41) is 9.04. The van der Waals surface area contributed by atoms with E-state index in [1.165, 1.54) is 0 Å². The molecule has 1 aromatic carbocycles. The minimum atomic E-state index is -0.939. The van der Waals surface area contributed by atoms with Crippen LogP contribution in [0.25, 0.3) is 0 Å². The molecule has 0 amide bonds. The van der Waals surface area contributed by atoms with Crippen molar-refractivity contribution >= 4 is 5.97 Å². The molecular formula is C13H19NO3. The van der Waals surface area contributed by atoms with Crippen LogP contribution < -0.4 is 10.5 Å². The summed E-state index contributed by atoms with van der Waals surface area (Å²) in [6.45, 7) is 3.77. The van der Waals surface area contributed by atoms with Crippen LogP contribution >= 0.6 is 0 Å². The summed E-state index contributed by atoms with van der Waals surface area (Å²) in [5.74, 6) is -0.380. The second-order valence-electron chi connectivity index (χ2n) is 4.06. The molecule has 0 aliphatic rings. The highest BCUT2D eigenvalue weighted by atomic mass is 16.5. The zero-order valence-corrected chi connectivity index (χ0v) is 10.2. The van der Waals surface area contributed by atoms with E-state index in [0.29, 0.717) is 12.2 Å². The molecule has 4 heteroatoms. The lowest BCUT2D eigenvalue weighted by atomic mass is 10.1. The monoisotopic (exact) mass is 237 g/mol. The highest BCUT2D eigenvalue weighted by Gasteiger charge is 2.20. The normalized spacial score (nSPS) is 14.1. The summed E-state index contributed by atoms with van der Waals surface area (Å²) in [6, 6.07) is 7.10. The standard InChI is InChI=1S/C13H19NO3/c1-3-6-12(13(15)16)17-11-8-5-4-7-10(11)9(2)14/h4-5,7-9,12H,3,6,14H2,1-2H3,(H,15,16). The van der Waals surface area contributed by atoms with Gasteiger partial charge >= 0.3 is 5.97 Å². The molecule has 3 N–H and O–H groups in total. The Labute approximate surface area is 101 Å². The third-order valence-corrected chi connectivity index (χ3v) is 2.51. The van der Waals surface area contributed by atoms with Gasteiger partial charge in [0, 0.05) is 11.6 Å². The van der Waals surface area contributed by atoms with Crippen LogP contribution in [0.1, 0.15) is 38.3 Å². The lowest BCUT2D eigenvalue weighted by Crippen LogP contribution is -2.27. The fraction of sp³-hybridized carbons (Fsp3) is 0.462. The number of nitrogens with two attached hydrogens (primary N) is 1. The number of carboxylic acids is 1. The molecule has 0 fully saturated rings. The van der Waals surface area contributed by atoms with Crippen LogP contribution in [-0.4, -0.2) is 17.2 Å². The zero-order valence-electron chi connectivity index (χ0n) is 10.2. The number of hydrogen-bond acceptors (Lipinski definition) is 3. The molecule has 4 nitrogen and oxygen atoms in total. The number of benzene rings is 1.